The van der Waals surface area contributed by atoms with Crippen LogP contribution in [0.1, 0.15) is 11.3 Å². The van der Waals surface area contributed by atoms with Gasteiger partial charge in [0.05, 0.1) is 12.2 Å². The molecule has 0 fully saturated rings. The lowest BCUT2D eigenvalue weighted by atomic mass is 10.2. The third-order valence-corrected chi connectivity index (χ3v) is 2.17. The van der Waals surface area contributed by atoms with E-state index in [-0.39, 0.29) is 0 Å². The highest BCUT2D eigenvalue weighted by Gasteiger charge is 1.89. The number of hydrogen-bond acceptors (Lipinski definition) is 3. The molecular formula is C14H13N3. The average Bonchev–Trinajstić information content (AvgIpc) is 2.41. The highest BCUT2D eigenvalue weighted by Crippen LogP contribution is 1.94. The second-order valence-corrected chi connectivity index (χ2v) is 3.47. The smallest absolute Gasteiger partial charge is 0.115 e. The topological polar surface area (TPSA) is 37.8 Å². The fourth-order valence-corrected chi connectivity index (χ4v) is 1.34. The largest absolute Gasteiger partial charge is 0.301 e. The van der Waals surface area contributed by atoms with E-state index in [9.17, 15) is 0 Å². The van der Waals surface area contributed by atoms with Crippen LogP contribution < -0.4 is 5.32 Å². The van der Waals surface area contributed by atoms with E-state index in [1.165, 1.54) is 0 Å². The van der Waals surface area contributed by atoms with Gasteiger partial charge < -0.3 is 5.32 Å². The van der Waals surface area contributed by atoms with Crippen molar-refractivity contribution in [3.63, 3.8) is 0 Å². The second kappa shape index (κ2) is 6.41. The zero-order valence-electron chi connectivity index (χ0n) is 9.43. The molecule has 3 heteroatoms. The first-order valence-electron chi connectivity index (χ1n) is 5.45. The Labute approximate surface area is 101 Å². The molecule has 1 aromatic carbocycles. The molecular weight excluding hydrogens is 210 g/mol. The molecule has 0 bridgehead atoms. The molecule has 1 heterocycles. The lowest BCUT2D eigenvalue weighted by Gasteiger charge is -1.98. The normalized spacial score (nSPS) is 9.41. The summed E-state index contributed by atoms with van der Waals surface area (Å²) in [4.78, 5) is 7.98. The van der Waals surface area contributed by atoms with Crippen LogP contribution in [0, 0.1) is 11.8 Å². The van der Waals surface area contributed by atoms with Crippen molar-refractivity contribution in [1.82, 2.24) is 15.3 Å². The first kappa shape index (κ1) is 11.3. The van der Waals surface area contributed by atoms with Gasteiger partial charge in [0.1, 0.15) is 6.33 Å². The molecule has 2 rings (SSSR count). The molecule has 1 aromatic heterocycles. The Hall–Kier alpha value is -2.18. The number of rotatable bonds is 3. The lowest BCUT2D eigenvalue weighted by molar-refractivity contribution is 0.745. The van der Waals surface area contributed by atoms with E-state index in [0.717, 1.165) is 11.3 Å². The lowest BCUT2D eigenvalue weighted by Crippen LogP contribution is -2.14. The van der Waals surface area contributed by atoms with Gasteiger partial charge in [-0.05, 0) is 18.2 Å². The number of nitrogens with one attached hydrogen (secondary N) is 1. The minimum atomic E-state index is 0.652. The predicted molar refractivity (Wildman–Crippen MR) is 67.1 cm³/mol. The van der Waals surface area contributed by atoms with Crippen molar-refractivity contribution in [3.8, 4) is 11.8 Å². The highest BCUT2D eigenvalue weighted by atomic mass is 14.9. The molecule has 84 valence electrons. The van der Waals surface area contributed by atoms with Crippen molar-refractivity contribution < 1.29 is 0 Å². The van der Waals surface area contributed by atoms with Crippen LogP contribution in [-0.2, 0) is 6.54 Å². The number of benzene rings is 1. The van der Waals surface area contributed by atoms with Crippen LogP contribution in [0.4, 0.5) is 0 Å². The van der Waals surface area contributed by atoms with Crippen LogP contribution in [0.2, 0.25) is 0 Å². The average molecular weight is 223 g/mol. The minimum Gasteiger partial charge on any atom is -0.301 e. The Kier molecular flexibility index (Phi) is 4.27. The predicted octanol–water partition coefficient (Wildman–Crippen LogP) is 1.62. The van der Waals surface area contributed by atoms with Gasteiger partial charge in [-0.1, -0.05) is 30.0 Å². The standard InChI is InChI=1S/C14H13N3/c1-2-5-13(6-3-1)7-4-9-15-11-14-8-10-16-12-17-14/h1-3,5-6,8,10,12,15H,9,11H2. The molecule has 0 aliphatic carbocycles. The molecule has 0 atom stereocenters. The number of nitrogens with zero attached hydrogens (tertiary/aromatic N) is 2. The third-order valence-electron chi connectivity index (χ3n) is 2.17. The van der Waals surface area contributed by atoms with Crippen molar-refractivity contribution in [3.05, 3.63) is 60.2 Å². The van der Waals surface area contributed by atoms with Crippen LogP contribution in [0.3, 0.4) is 0 Å². The van der Waals surface area contributed by atoms with E-state index in [4.69, 9.17) is 0 Å². The number of hydrogen-bond donors (Lipinski definition) is 1. The minimum absolute atomic E-state index is 0.652. The van der Waals surface area contributed by atoms with E-state index in [2.05, 4.69) is 27.1 Å². The van der Waals surface area contributed by atoms with Gasteiger partial charge in [0.15, 0.2) is 0 Å². The van der Waals surface area contributed by atoms with Crippen molar-refractivity contribution in [2.24, 2.45) is 0 Å². The Balaban J connectivity index is 1.76. The fourth-order valence-electron chi connectivity index (χ4n) is 1.34. The summed E-state index contributed by atoms with van der Waals surface area (Å²) in [5, 5.41) is 3.21. The molecule has 0 amide bonds. The van der Waals surface area contributed by atoms with E-state index >= 15 is 0 Å². The van der Waals surface area contributed by atoms with Crippen molar-refractivity contribution in [2.45, 2.75) is 6.54 Å². The Morgan fingerprint density at radius 2 is 2.00 bits per heavy atom. The molecule has 17 heavy (non-hydrogen) atoms. The highest BCUT2D eigenvalue weighted by molar-refractivity contribution is 5.33. The third kappa shape index (κ3) is 4.06. The molecule has 2 aromatic rings. The SMILES string of the molecule is C(#Cc1ccccc1)CNCc1ccncn1. The summed E-state index contributed by atoms with van der Waals surface area (Å²) in [6, 6.07) is 11.8. The zero-order valence-corrected chi connectivity index (χ0v) is 9.43. The van der Waals surface area contributed by atoms with Gasteiger partial charge in [0, 0.05) is 18.3 Å². The van der Waals surface area contributed by atoms with Gasteiger partial charge in [0.25, 0.3) is 0 Å². The van der Waals surface area contributed by atoms with Crippen LogP contribution in [0.15, 0.2) is 48.9 Å². The molecule has 0 saturated heterocycles. The quantitative estimate of drug-likeness (QED) is 0.634. The molecule has 0 saturated carbocycles. The summed E-state index contributed by atoms with van der Waals surface area (Å²) in [6.07, 6.45) is 3.28. The summed E-state index contributed by atoms with van der Waals surface area (Å²) < 4.78 is 0. The molecule has 0 aliphatic rings. The number of aromatic nitrogens is 2. The van der Waals surface area contributed by atoms with Gasteiger partial charge >= 0.3 is 0 Å². The molecule has 0 unspecified atom stereocenters. The van der Waals surface area contributed by atoms with Gasteiger partial charge in [-0.15, -0.1) is 0 Å². The fraction of sp³-hybridized carbons (Fsp3) is 0.143. The summed E-state index contributed by atoms with van der Waals surface area (Å²) in [5.74, 6) is 6.15. The van der Waals surface area contributed by atoms with Gasteiger partial charge in [-0.3, -0.25) is 0 Å². The van der Waals surface area contributed by atoms with Crippen LogP contribution in [0.5, 0.6) is 0 Å². The van der Waals surface area contributed by atoms with E-state index in [1.807, 2.05) is 36.4 Å². The molecule has 0 aliphatic heterocycles. The van der Waals surface area contributed by atoms with Crippen molar-refractivity contribution >= 4 is 0 Å². The maximum atomic E-state index is 4.11. The van der Waals surface area contributed by atoms with E-state index in [1.54, 1.807) is 12.5 Å². The Morgan fingerprint density at radius 3 is 2.76 bits per heavy atom. The maximum absolute atomic E-state index is 4.11. The summed E-state index contributed by atoms with van der Waals surface area (Å²) in [7, 11) is 0. The first-order valence-corrected chi connectivity index (χ1v) is 5.45. The van der Waals surface area contributed by atoms with E-state index < -0.39 is 0 Å². The molecule has 1 N–H and O–H groups in total. The molecule has 3 nitrogen and oxygen atoms in total. The van der Waals surface area contributed by atoms with Crippen LogP contribution >= 0.6 is 0 Å². The maximum Gasteiger partial charge on any atom is 0.115 e. The van der Waals surface area contributed by atoms with Crippen molar-refractivity contribution in [1.29, 1.82) is 0 Å². The Bertz CT molecular complexity index is 497. The van der Waals surface area contributed by atoms with E-state index in [0.29, 0.717) is 13.1 Å². The first-order chi connectivity index (χ1) is 8.45. The summed E-state index contributed by atoms with van der Waals surface area (Å²) in [6.45, 7) is 1.37. The van der Waals surface area contributed by atoms with Crippen LogP contribution in [0.25, 0.3) is 0 Å². The monoisotopic (exact) mass is 223 g/mol. The summed E-state index contributed by atoms with van der Waals surface area (Å²) in [5.41, 5.74) is 2.01. The van der Waals surface area contributed by atoms with Gasteiger partial charge in [-0.2, -0.15) is 0 Å². The Morgan fingerprint density at radius 1 is 1.12 bits per heavy atom. The van der Waals surface area contributed by atoms with Crippen molar-refractivity contribution in [2.75, 3.05) is 6.54 Å². The van der Waals surface area contributed by atoms with Gasteiger partial charge in [-0.25, -0.2) is 9.97 Å². The van der Waals surface area contributed by atoms with Gasteiger partial charge in [0.2, 0.25) is 0 Å². The molecule has 0 radical (unpaired) electrons. The molecule has 0 spiro atoms. The summed E-state index contributed by atoms with van der Waals surface area (Å²) >= 11 is 0. The second-order valence-electron chi connectivity index (χ2n) is 3.47. The van der Waals surface area contributed by atoms with Crippen LogP contribution in [-0.4, -0.2) is 16.5 Å². The zero-order chi connectivity index (χ0) is 11.8.